The van der Waals surface area contributed by atoms with Crippen molar-refractivity contribution in [2.45, 2.75) is 38.5 Å². The topological polar surface area (TPSA) is 64.0 Å². The fourth-order valence-electron chi connectivity index (χ4n) is 4.09. The summed E-state index contributed by atoms with van der Waals surface area (Å²) in [7, 11) is 6.29. The second-order valence-corrected chi connectivity index (χ2v) is 8.34. The van der Waals surface area contributed by atoms with Gasteiger partial charge < -0.3 is 23.8 Å². The summed E-state index contributed by atoms with van der Waals surface area (Å²) in [4.78, 5) is 1.50. The van der Waals surface area contributed by atoms with Crippen LogP contribution < -0.4 is 18.9 Å². The number of hydrogen-bond acceptors (Lipinski definition) is 6. The minimum absolute atomic E-state index is 0. The summed E-state index contributed by atoms with van der Waals surface area (Å²) in [5, 5.41) is 10.3. The molecule has 34 heavy (non-hydrogen) atoms. The summed E-state index contributed by atoms with van der Waals surface area (Å²) in [6, 6.07) is 13.7. The molecule has 7 heteroatoms. The molecule has 0 N–H and O–H groups in total. The van der Waals surface area contributed by atoms with Crippen LogP contribution in [0.5, 0.6) is 23.0 Å². The van der Waals surface area contributed by atoms with Crippen LogP contribution in [0.1, 0.15) is 41.9 Å². The molecule has 0 saturated carbocycles. The first-order valence-electron chi connectivity index (χ1n) is 12.7. The molecule has 0 bridgehead atoms. The van der Waals surface area contributed by atoms with E-state index in [0.717, 1.165) is 11.1 Å². The van der Waals surface area contributed by atoms with Crippen LogP contribution in [0.3, 0.4) is 0 Å². The van der Waals surface area contributed by atoms with Gasteiger partial charge in [0.15, 0.2) is 23.0 Å². The SMILES string of the molecule is Cl.[2H]C([2H])([2H])N(CCCC(C#N)(c1ccc(OC)c(OC)c1)C(C)C)CCc1ccc(OC)c(OC)c1. The van der Waals surface area contributed by atoms with E-state index >= 15 is 0 Å². The predicted molar refractivity (Wildman–Crippen MR) is 139 cm³/mol. The molecular weight excluding hydrogens is 452 g/mol. The molecule has 2 aromatic rings. The zero-order valence-corrected chi connectivity index (χ0v) is 21.8. The highest BCUT2D eigenvalue weighted by molar-refractivity contribution is 5.85. The lowest BCUT2D eigenvalue weighted by atomic mass is 9.69. The number of ether oxygens (including phenoxy) is 4. The molecule has 6 nitrogen and oxygen atoms in total. The van der Waals surface area contributed by atoms with E-state index in [2.05, 4.69) is 6.07 Å². The van der Waals surface area contributed by atoms with Crippen LogP contribution in [0.25, 0.3) is 0 Å². The molecule has 0 aromatic heterocycles. The Morgan fingerprint density at radius 1 is 0.912 bits per heavy atom. The summed E-state index contributed by atoms with van der Waals surface area (Å²) in [5.74, 6) is 2.41. The van der Waals surface area contributed by atoms with Gasteiger partial charge in [0, 0.05) is 10.7 Å². The second kappa shape index (κ2) is 13.9. The molecule has 2 rings (SSSR count). The fourth-order valence-corrected chi connectivity index (χ4v) is 4.09. The first-order valence-corrected chi connectivity index (χ1v) is 11.2. The largest absolute Gasteiger partial charge is 0.493 e. The number of benzene rings is 2. The molecule has 1 atom stereocenters. The molecule has 0 fully saturated rings. The van der Waals surface area contributed by atoms with E-state index in [4.69, 9.17) is 23.1 Å². The first kappa shape index (κ1) is 24.5. The molecule has 0 amide bonds. The number of rotatable bonds is 13. The van der Waals surface area contributed by atoms with Gasteiger partial charge in [-0.3, -0.25) is 0 Å². The lowest BCUT2D eigenvalue weighted by Crippen LogP contribution is -2.32. The quantitative estimate of drug-likeness (QED) is 0.366. The Labute approximate surface area is 215 Å². The van der Waals surface area contributed by atoms with Crippen molar-refractivity contribution >= 4 is 12.4 Å². The minimum Gasteiger partial charge on any atom is -0.493 e. The Bertz CT molecular complexity index is 1040. The maximum atomic E-state index is 10.3. The van der Waals surface area contributed by atoms with Crippen molar-refractivity contribution in [3.63, 3.8) is 0 Å². The molecular formula is C27H39ClN2O4. The van der Waals surface area contributed by atoms with Crippen molar-refractivity contribution in [3.05, 3.63) is 47.5 Å². The smallest absolute Gasteiger partial charge is 0.161 e. The summed E-state index contributed by atoms with van der Waals surface area (Å²) < 4.78 is 45.6. The number of halogens is 1. The third-order valence-electron chi connectivity index (χ3n) is 6.20. The van der Waals surface area contributed by atoms with Crippen molar-refractivity contribution in [2.24, 2.45) is 5.92 Å². The summed E-state index contributed by atoms with van der Waals surface area (Å²) >= 11 is 0. The molecule has 2 aromatic carbocycles. The van der Waals surface area contributed by atoms with E-state index in [1.54, 1.807) is 34.5 Å². The summed E-state index contributed by atoms with van der Waals surface area (Å²) in [5.41, 5.74) is 1.01. The number of likely N-dealkylation sites (N-methyl/N-ethyl adjacent to an activating group) is 1. The number of hydrogen-bond donors (Lipinski definition) is 0. The van der Waals surface area contributed by atoms with Crippen LogP contribution >= 0.6 is 12.4 Å². The molecule has 188 valence electrons. The molecule has 0 heterocycles. The Kier molecular flexibility index (Phi) is 10.0. The molecule has 0 spiro atoms. The Hall–Kier alpha value is -2.62. The lowest BCUT2D eigenvalue weighted by Gasteiger charge is -2.32. The summed E-state index contributed by atoms with van der Waals surface area (Å²) in [6.07, 6.45) is 1.60. The molecule has 0 saturated heterocycles. The average Bonchev–Trinajstić information content (AvgIpc) is 2.86. The number of nitrogens with zero attached hydrogens (tertiary/aromatic N) is 2. The van der Waals surface area contributed by atoms with Crippen molar-refractivity contribution in [1.82, 2.24) is 4.90 Å². The number of nitriles is 1. The van der Waals surface area contributed by atoms with Crippen LogP contribution in [0.15, 0.2) is 36.4 Å². The van der Waals surface area contributed by atoms with Crippen molar-refractivity contribution in [1.29, 1.82) is 5.26 Å². The zero-order valence-electron chi connectivity index (χ0n) is 24.0. The van der Waals surface area contributed by atoms with Gasteiger partial charge in [0.2, 0.25) is 0 Å². The summed E-state index contributed by atoms with van der Waals surface area (Å²) in [6.45, 7) is 2.47. The Morgan fingerprint density at radius 2 is 1.50 bits per heavy atom. The van der Waals surface area contributed by atoms with Gasteiger partial charge in [-0.1, -0.05) is 26.0 Å². The van der Waals surface area contributed by atoms with Crippen molar-refractivity contribution in [2.75, 3.05) is 48.5 Å². The zero-order chi connectivity index (χ0) is 26.9. The molecule has 0 aliphatic carbocycles. The van der Waals surface area contributed by atoms with E-state index in [1.807, 2.05) is 44.2 Å². The fraction of sp³-hybridized carbons (Fsp3) is 0.519. The standard InChI is InChI=1S/C27H38N2O4.ClH/c1-20(2)27(19-28,22-10-12-24(31-5)26(18-22)33-7)14-8-15-29(3)16-13-21-9-11-23(30-4)25(17-21)32-6;/h9-12,17-18,20H,8,13-16H2,1-7H3;1H/i3D3;. The highest BCUT2D eigenvalue weighted by Crippen LogP contribution is 2.40. The van der Waals surface area contributed by atoms with Crippen LogP contribution in [0.4, 0.5) is 0 Å². The predicted octanol–water partition coefficient (Wildman–Crippen LogP) is 5.51. The van der Waals surface area contributed by atoms with E-state index in [9.17, 15) is 5.26 Å². The van der Waals surface area contributed by atoms with Gasteiger partial charge in [-0.2, -0.15) is 5.26 Å². The van der Waals surface area contributed by atoms with Gasteiger partial charge in [-0.25, -0.2) is 0 Å². The van der Waals surface area contributed by atoms with Gasteiger partial charge in [0.1, 0.15) is 0 Å². The first-order chi connectivity index (χ1) is 17.1. The lowest BCUT2D eigenvalue weighted by molar-refractivity contribution is 0.292. The average molecular weight is 494 g/mol. The Balaban J connectivity index is 0.00000684. The van der Waals surface area contributed by atoms with Crippen molar-refractivity contribution < 1.29 is 23.1 Å². The van der Waals surface area contributed by atoms with Gasteiger partial charge in [-0.05, 0) is 74.1 Å². The van der Waals surface area contributed by atoms with Crippen molar-refractivity contribution in [3.8, 4) is 29.1 Å². The van der Waals surface area contributed by atoms with E-state index in [1.165, 1.54) is 4.90 Å². The maximum absolute atomic E-state index is 10.3. The van der Waals surface area contributed by atoms with Gasteiger partial charge in [-0.15, -0.1) is 12.4 Å². The van der Waals surface area contributed by atoms with Crippen LogP contribution in [-0.2, 0) is 11.8 Å². The number of methoxy groups -OCH3 is 4. The molecule has 0 radical (unpaired) electrons. The molecule has 1 unspecified atom stereocenters. The van der Waals surface area contributed by atoms with Gasteiger partial charge in [0.25, 0.3) is 0 Å². The minimum atomic E-state index is -2.24. The van der Waals surface area contributed by atoms with Crippen LogP contribution in [-0.4, -0.2) is 53.4 Å². The molecule has 0 aliphatic heterocycles. The van der Waals surface area contributed by atoms with E-state index in [-0.39, 0.29) is 18.3 Å². The highest BCUT2D eigenvalue weighted by atomic mass is 35.5. The normalized spacial score (nSPS) is 14.1. The second-order valence-electron chi connectivity index (χ2n) is 8.34. The van der Waals surface area contributed by atoms with Crippen LogP contribution in [0, 0.1) is 17.2 Å². The van der Waals surface area contributed by atoms with Crippen LogP contribution in [0.2, 0.25) is 0 Å². The third-order valence-corrected chi connectivity index (χ3v) is 6.20. The third kappa shape index (κ3) is 6.94. The van der Waals surface area contributed by atoms with E-state index in [0.29, 0.717) is 55.4 Å². The monoisotopic (exact) mass is 493 g/mol. The Morgan fingerprint density at radius 3 is 2.03 bits per heavy atom. The maximum Gasteiger partial charge on any atom is 0.161 e. The van der Waals surface area contributed by atoms with E-state index < -0.39 is 12.4 Å². The van der Waals surface area contributed by atoms with Gasteiger partial charge in [0.05, 0.1) is 39.9 Å². The highest BCUT2D eigenvalue weighted by Gasteiger charge is 2.36. The van der Waals surface area contributed by atoms with Gasteiger partial charge >= 0.3 is 0 Å². The molecule has 0 aliphatic rings.